The number of anilines is 2. The highest BCUT2D eigenvalue weighted by atomic mass is 19.3. The molecule has 3 fully saturated rings. The SMILES string of the molecule is Cc1nc(N[C@H](C)c2cccc(C(F)F)c2F)c2cn(C3(CF)CC3)c(=O)c(N3C4CCC3COC4)c2n1. The summed E-state index contributed by atoms with van der Waals surface area (Å²) in [6.07, 6.45) is 1.49. The van der Waals surface area contributed by atoms with Crippen molar-refractivity contribution in [2.75, 3.05) is 30.1 Å². The van der Waals surface area contributed by atoms with Gasteiger partial charge in [-0.3, -0.25) is 4.79 Å². The molecule has 2 saturated heterocycles. The molecule has 2 aliphatic heterocycles. The maximum atomic E-state index is 14.9. The maximum Gasteiger partial charge on any atom is 0.277 e. The van der Waals surface area contributed by atoms with Crippen LogP contribution in [0.15, 0.2) is 29.2 Å². The highest BCUT2D eigenvalue weighted by Gasteiger charge is 2.48. The number of hydrogen-bond acceptors (Lipinski definition) is 6. The summed E-state index contributed by atoms with van der Waals surface area (Å²) in [5, 5.41) is 3.66. The Morgan fingerprint density at radius 1 is 1.16 bits per heavy atom. The molecule has 7 nitrogen and oxygen atoms in total. The molecule has 3 atom stereocenters. The quantitative estimate of drug-likeness (QED) is 0.424. The Morgan fingerprint density at radius 2 is 1.84 bits per heavy atom. The molecular weight excluding hydrogens is 502 g/mol. The van der Waals surface area contributed by atoms with E-state index >= 15 is 0 Å². The van der Waals surface area contributed by atoms with Gasteiger partial charge in [-0.2, -0.15) is 0 Å². The number of fused-ring (bicyclic) bond motifs is 3. The number of nitrogens with one attached hydrogen (secondary N) is 1. The first-order valence-electron chi connectivity index (χ1n) is 12.9. The average Bonchev–Trinajstić information content (AvgIpc) is 3.64. The number of halogens is 4. The highest BCUT2D eigenvalue weighted by molar-refractivity contribution is 5.97. The van der Waals surface area contributed by atoms with E-state index in [2.05, 4.69) is 20.2 Å². The normalized spacial score (nSPS) is 22.8. The monoisotopic (exact) mass is 531 g/mol. The van der Waals surface area contributed by atoms with Crippen molar-refractivity contribution in [2.45, 2.75) is 69.6 Å². The first-order chi connectivity index (χ1) is 18.2. The molecule has 1 saturated carbocycles. The minimum absolute atomic E-state index is 0.0119. The summed E-state index contributed by atoms with van der Waals surface area (Å²) in [7, 11) is 0. The summed E-state index contributed by atoms with van der Waals surface area (Å²) >= 11 is 0. The summed E-state index contributed by atoms with van der Waals surface area (Å²) in [6.45, 7) is 3.66. The fourth-order valence-electron chi connectivity index (χ4n) is 5.91. The van der Waals surface area contributed by atoms with E-state index in [1.54, 1.807) is 20.0 Å². The molecule has 3 aromatic rings. The van der Waals surface area contributed by atoms with Crippen LogP contribution in [0.4, 0.5) is 29.1 Å². The molecule has 6 rings (SSSR count). The van der Waals surface area contributed by atoms with Crippen molar-refractivity contribution >= 4 is 22.4 Å². The van der Waals surface area contributed by atoms with Gasteiger partial charge in [0.2, 0.25) is 0 Å². The zero-order valence-corrected chi connectivity index (χ0v) is 21.2. The predicted molar refractivity (Wildman–Crippen MR) is 135 cm³/mol. The van der Waals surface area contributed by atoms with E-state index in [9.17, 15) is 22.4 Å². The van der Waals surface area contributed by atoms with E-state index < -0.39 is 36.1 Å². The molecule has 4 heterocycles. The molecule has 2 unspecified atom stereocenters. The number of aryl methyl sites for hydroxylation is 1. The number of alkyl halides is 3. The molecule has 2 aromatic heterocycles. The summed E-state index contributed by atoms with van der Waals surface area (Å²) in [5.41, 5.74) is -0.962. The minimum atomic E-state index is -2.94. The molecule has 38 heavy (non-hydrogen) atoms. The van der Waals surface area contributed by atoms with Crippen molar-refractivity contribution in [2.24, 2.45) is 0 Å². The van der Waals surface area contributed by atoms with Gasteiger partial charge in [0.1, 0.15) is 35.3 Å². The lowest BCUT2D eigenvalue weighted by molar-refractivity contribution is 0.0905. The van der Waals surface area contributed by atoms with Gasteiger partial charge in [-0.15, -0.1) is 0 Å². The van der Waals surface area contributed by atoms with E-state index in [1.807, 2.05) is 0 Å². The molecule has 0 spiro atoms. The van der Waals surface area contributed by atoms with Crippen molar-refractivity contribution in [1.82, 2.24) is 14.5 Å². The van der Waals surface area contributed by atoms with Crippen LogP contribution in [0.2, 0.25) is 0 Å². The van der Waals surface area contributed by atoms with Crippen molar-refractivity contribution < 1.29 is 22.3 Å². The van der Waals surface area contributed by atoms with Crippen LogP contribution in [-0.4, -0.2) is 46.5 Å². The van der Waals surface area contributed by atoms with E-state index in [4.69, 9.17) is 4.74 Å². The second-order valence-corrected chi connectivity index (χ2v) is 10.6. The molecule has 1 N–H and O–H groups in total. The lowest BCUT2D eigenvalue weighted by Gasteiger charge is -2.37. The van der Waals surface area contributed by atoms with Crippen molar-refractivity contribution in [3.63, 3.8) is 0 Å². The van der Waals surface area contributed by atoms with Crippen LogP contribution in [0.1, 0.15) is 62.0 Å². The van der Waals surface area contributed by atoms with Gasteiger partial charge in [0.25, 0.3) is 12.0 Å². The summed E-state index contributed by atoms with van der Waals surface area (Å²) in [5.74, 6) is -0.263. The van der Waals surface area contributed by atoms with Gasteiger partial charge in [0, 0.05) is 11.8 Å². The van der Waals surface area contributed by atoms with Crippen LogP contribution in [-0.2, 0) is 10.3 Å². The summed E-state index contributed by atoms with van der Waals surface area (Å²) < 4.78 is 63.0. The predicted octanol–water partition coefficient (Wildman–Crippen LogP) is 5.18. The van der Waals surface area contributed by atoms with Crippen LogP contribution in [0.25, 0.3) is 10.9 Å². The number of ether oxygens (including phenoxy) is 1. The largest absolute Gasteiger partial charge is 0.377 e. The van der Waals surface area contributed by atoms with Gasteiger partial charge in [-0.1, -0.05) is 18.2 Å². The molecule has 3 aliphatic rings. The van der Waals surface area contributed by atoms with Gasteiger partial charge in [0.15, 0.2) is 0 Å². The van der Waals surface area contributed by atoms with E-state index in [-0.39, 0.29) is 23.2 Å². The van der Waals surface area contributed by atoms with E-state index in [0.717, 1.165) is 18.9 Å². The van der Waals surface area contributed by atoms with E-state index in [0.29, 0.717) is 54.3 Å². The fourth-order valence-corrected chi connectivity index (χ4v) is 5.91. The molecule has 1 aliphatic carbocycles. The second-order valence-electron chi connectivity index (χ2n) is 10.6. The molecule has 2 bridgehead atoms. The number of hydrogen-bond donors (Lipinski definition) is 1. The van der Waals surface area contributed by atoms with Crippen LogP contribution in [0.5, 0.6) is 0 Å². The zero-order chi connectivity index (χ0) is 26.8. The van der Waals surface area contributed by atoms with Crippen LogP contribution in [0.3, 0.4) is 0 Å². The average molecular weight is 532 g/mol. The number of rotatable bonds is 7. The van der Waals surface area contributed by atoms with Gasteiger partial charge in [-0.25, -0.2) is 27.5 Å². The Balaban J connectivity index is 1.52. The Kier molecular flexibility index (Phi) is 6.08. The smallest absolute Gasteiger partial charge is 0.277 e. The number of nitrogens with zero attached hydrogens (tertiary/aromatic N) is 4. The van der Waals surface area contributed by atoms with Crippen LogP contribution >= 0.6 is 0 Å². The highest BCUT2D eigenvalue weighted by Crippen LogP contribution is 2.45. The first-order valence-corrected chi connectivity index (χ1v) is 12.9. The minimum Gasteiger partial charge on any atom is -0.377 e. The molecule has 1 aromatic carbocycles. The number of benzene rings is 1. The van der Waals surface area contributed by atoms with E-state index in [1.165, 1.54) is 16.7 Å². The van der Waals surface area contributed by atoms with Crippen molar-refractivity contribution in [3.05, 3.63) is 57.5 Å². The van der Waals surface area contributed by atoms with Crippen molar-refractivity contribution in [1.29, 1.82) is 0 Å². The maximum absolute atomic E-state index is 14.9. The standard InChI is InChI=1S/C27H29F4N5O2/c1-14(18-4-3-5-19(21(18)29)24(30)31)32-25-20-10-35(27(13-28)8-9-27)26(37)23(22(20)33-15(2)34-25)36-16-6-7-17(36)12-38-11-16/h3-5,10,14,16-17,24H,6-9,11-13H2,1-2H3,(H,32,33,34)/t14-,16?,17?/m1/s1. The number of pyridine rings is 1. The molecule has 202 valence electrons. The Bertz CT molecular complexity index is 1440. The number of morpholine rings is 1. The molecular formula is C27H29F4N5O2. The second kappa shape index (κ2) is 9.21. The summed E-state index contributed by atoms with van der Waals surface area (Å²) in [4.78, 5) is 25.3. The zero-order valence-electron chi connectivity index (χ0n) is 21.2. The first kappa shape index (κ1) is 25.1. The van der Waals surface area contributed by atoms with Crippen LogP contribution in [0, 0.1) is 12.7 Å². The third-order valence-corrected chi connectivity index (χ3v) is 8.16. The third-order valence-electron chi connectivity index (χ3n) is 8.16. The summed E-state index contributed by atoms with van der Waals surface area (Å²) in [6, 6.07) is 3.20. The number of aromatic nitrogens is 3. The molecule has 0 radical (unpaired) electrons. The Morgan fingerprint density at radius 3 is 2.47 bits per heavy atom. The van der Waals surface area contributed by atoms with Crippen LogP contribution < -0.4 is 15.8 Å². The van der Waals surface area contributed by atoms with Crippen molar-refractivity contribution in [3.8, 4) is 0 Å². The van der Waals surface area contributed by atoms with Gasteiger partial charge >= 0.3 is 0 Å². The Hall–Kier alpha value is -3.21. The Labute approximate surface area is 216 Å². The van der Waals surface area contributed by atoms with Gasteiger partial charge in [-0.05, 0) is 39.5 Å². The lowest BCUT2D eigenvalue weighted by Crippen LogP contribution is -2.49. The molecule has 11 heteroatoms. The van der Waals surface area contributed by atoms with Gasteiger partial charge < -0.3 is 19.5 Å². The lowest BCUT2D eigenvalue weighted by atomic mass is 10.0. The molecule has 0 amide bonds. The fraction of sp³-hybridized carbons (Fsp3) is 0.519. The van der Waals surface area contributed by atoms with Gasteiger partial charge in [0.05, 0.1) is 47.8 Å². The third kappa shape index (κ3) is 3.93. The topological polar surface area (TPSA) is 72.3 Å².